The third-order valence-electron chi connectivity index (χ3n) is 4.50. The van der Waals surface area contributed by atoms with Crippen LogP contribution < -0.4 is 0 Å². The minimum Gasteiger partial charge on any atom is -0.454 e. The maximum Gasteiger partial charge on any atom is 0.311 e. The van der Waals surface area contributed by atoms with Gasteiger partial charge in [0.1, 0.15) is 11.6 Å². The van der Waals surface area contributed by atoms with Crippen LogP contribution in [0.2, 0.25) is 0 Å². The Hall–Kier alpha value is -1.82. The van der Waals surface area contributed by atoms with Crippen molar-refractivity contribution in [1.29, 1.82) is 0 Å². The van der Waals surface area contributed by atoms with Gasteiger partial charge in [0.15, 0.2) is 11.9 Å². The first-order chi connectivity index (χ1) is 11.4. The summed E-state index contributed by atoms with van der Waals surface area (Å²) in [5.41, 5.74) is -0.345. The van der Waals surface area contributed by atoms with Crippen molar-refractivity contribution >= 4 is 11.8 Å². The molecule has 4 nitrogen and oxygen atoms in total. The highest BCUT2D eigenvalue weighted by molar-refractivity contribution is 5.87. The average Bonchev–Trinajstić information content (AvgIpc) is 2.57. The molecule has 1 fully saturated rings. The topological polar surface area (TPSA) is 52.6 Å². The summed E-state index contributed by atoms with van der Waals surface area (Å²) in [6, 6.07) is 3.38. The predicted molar refractivity (Wildman–Crippen MR) is 83.4 cm³/mol. The van der Waals surface area contributed by atoms with Crippen molar-refractivity contribution < 1.29 is 27.8 Å². The van der Waals surface area contributed by atoms with Gasteiger partial charge in [-0.1, -0.05) is 6.07 Å². The Labute approximate surface area is 140 Å². The molecular weight excluding hydrogens is 318 g/mol. The Morgan fingerprint density at radius 2 is 1.75 bits per heavy atom. The van der Waals surface area contributed by atoms with Crippen LogP contribution >= 0.6 is 0 Å². The van der Waals surface area contributed by atoms with Gasteiger partial charge in [-0.15, -0.1) is 0 Å². The molecule has 0 aromatic heterocycles. The number of ether oxygens (including phenoxy) is 2. The Balaban J connectivity index is 1.88. The van der Waals surface area contributed by atoms with E-state index < -0.39 is 30.1 Å². The molecule has 0 N–H and O–H groups in total. The average molecular weight is 340 g/mol. The van der Waals surface area contributed by atoms with E-state index in [0.717, 1.165) is 25.0 Å². The molecule has 0 aliphatic heterocycles. The monoisotopic (exact) mass is 340 g/mol. The Morgan fingerprint density at radius 1 is 1.17 bits per heavy atom. The van der Waals surface area contributed by atoms with E-state index >= 15 is 0 Å². The molecule has 2 rings (SSSR count). The summed E-state index contributed by atoms with van der Waals surface area (Å²) < 4.78 is 37.4. The van der Waals surface area contributed by atoms with E-state index in [9.17, 15) is 18.4 Å². The first-order valence-electron chi connectivity index (χ1n) is 8.11. The van der Waals surface area contributed by atoms with Gasteiger partial charge >= 0.3 is 5.97 Å². The van der Waals surface area contributed by atoms with Crippen LogP contribution in [-0.2, 0) is 25.5 Å². The molecule has 1 saturated carbocycles. The van der Waals surface area contributed by atoms with Crippen LogP contribution in [0.1, 0.15) is 38.2 Å². The van der Waals surface area contributed by atoms with E-state index in [1.807, 2.05) is 0 Å². The van der Waals surface area contributed by atoms with Crippen molar-refractivity contribution in [3.63, 3.8) is 0 Å². The first kappa shape index (κ1) is 18.5. The number of esters is 1. The molecule has 0 amide bonds. The van der Waals surface area contributed by atoms with E-state index in [4.69, 9.17) is 9.47 Å². The molecular formula is C18H22F2O4. The van der Waals surface area contributed by atoms with Crippen molar-refractivity contribution in [2.45, 2.75) is 51.2 Å². The van der Waals surface area contributed by atoms with Crippen LogP contribution in [0.4, 0.5) is 8.78 Å². The van der Waals surface area contributed by atoms with E-state index in [1.54, 1.807) is 7.11 Å². The Kier molecular flexibility index (Phi) is 6.43. The summed E-state index contributed by atoms with van der Waals surface area (Å²) in [4.78, 5) is 24.2. The number of ketones is 1. The molecule has 1 atom stereocenters. The zero-order valence-corrected chi connectivity index (χ0v) is 13.9. The fraction of sp³-hybridized carbons (Fsp3) is 0.556. The predicted octanol–water partition coefficient (Wildman–Crippen LogP) is 3.21. The lowest BCUT2D eigenvalue weighted by molar-refractivity contribution is -0.155. The largest absolute Gasteiger partial charge is 0.454 e. The van der Waals surface area contributed by atoms with Crippen LogP contribution in [0.15, 0.2) is 18.2 Å². The number of methoxy groups -OCH3 is 1. The Morgan fingerprint density at radius 3 is 2.29 bits per heavy atom. The number of carbonyl (C=O) groups excluding carboxylic acids is 2. The highest BCUT2D eigenvalue weighted by Gasteiger charge is 2.31. The van der Waals surface area contributed by atoms with Gasteiger partial charge in [0.2, 0.25) is 0 Å². The SMILES string of the molecule is COC1CCC(C(=O)C(C)OC(=O)Cc2c(F)cccc2F)CC1. The number of hydrogen-bond donors (Lipinski definition) is 0. The summed E-state index contributed by atoms with van der Waals surface area (Å²) in [5, 5.41) is 0. The minimum atomic E-state index is -0.920. The molecule has 0 heterocycles. The Bertz CT molecular complexity index is 574. The zero-order chi connectivity index (χ0) is 17.7. The van der Waals surface area contributed by atoms with Crippen molar-refractivity contribution in [3.8, 4) is 0 Å². The van der Waals surface area contributed by atoms with E-state index in [-0.39, 0.29) is 23.4 Å². The van der Waals surface area contributed by atoms with Crippen molar-refractivity contribution in [1.82, 2.24) is 0 Å². The second-order valence-electron chi connectivity index (χ2n) is 6.12. The molecule has 6 heteroatoms. The van der Waals surface area contributed by atoms with Crippen LogP contribution in [0.5, 0.6) is 0 Å². The summed E-state index contributed by atoms with van der Waals surface area (Å²) in [5.74, 6) is -2.73. The molecule has 0 saturated heterocycles. The van der Waals surface area contributed by atoms with Crippen molar-refractivity contribution in [2.75, 3.05) is 7.11 Å². The maximum atomic E-state index is 13.5. The van der Waals surface area contributed by atoms with Gasteiger partial charge in [0, 0.05) is 18.6 Å². The number of Topliss-reactive ketones (excluding diaryl/α,β-unsaturated/α-hetero) is 1. The van der Waals surface area contributed by atoms with Gasteiger partial charge in [-0.2, -0.15) is 0 Å². The van der Waals surface area contributed by atoms with Gasteiger partial charge in [0.25, 0.3) is 0 Å². The van der Waals surface area contributed by atoms with Gasteiger partial charge < -0.3 is 9.47 Å². The number of rotatable bonds is 6. The molecule has 0 bridgehead atoms. The number of carbonyl (C=O) groups is 2. The molecule has 132 valence electrons. The van der Waals surface area contributed by atoms with Crippen molar-refractivity contribution in [3.05, 3.63) is 35.4 Å². The standard InChI is InChI=1S/C18H22F2O4/c1-11(18(22)12-6-8-13(23-2)9-7-12)24-17(21)10-14-15(19)4-3-5-16(14)20/h3-5,11-13H,6-10H2,1-2H3. The second kappa shape index (κ2) is 8.33. The number of hydrogen-bond acceptors (Lipinski definition) is 4. The molecule has 1 aromatic carbocycles. The molecule has 1 unspecified atom stereocenters. The second-order valence-corrected chi connectivity index (χ2v) is 6.12. The third kappa shape index (κ3) is 4.60. The van der Waals surface area contributed by atoms with Crippen LogP contribution in [-0.4, -0.2) is 31.1 Å². The summed E-state index contributed by atoms with van der Waals surface area (Å²) in [6.07, 6.45) is 1.71. The smallest absolute Gasteiger partial charge is 0.311 e. The quantitative estimate of drug-likeness (QED) is 0.746. The summed E-state index contributed by atoms with van der Waals surface area (Å²) in [7, 11) is 1.65. The maximum absolute atomic E-state index is 13.5. The lowest BCUT2D eigenvalue weighted by Gasteiger charge is -2.28. The van der Waals surface area contributed by atoms with Crippen molar-refractivity contribution in [2.24, 2.45) is 5.92 Å². The minimum absolute atomic E-state index is 0.146. The first-order valence-corrected chi connectivity index (χ1v) is 8.11. The normalized spacial score (nSPS) is 22.0. The lowest BCUT2D eigenvalue weighted by atomic mass is 9.83. The van der Waals surface area contributed by atoms with Gasteiger partial charge in [-0.25, -0.2) is 8.78 Å². The highest BCUT2D eigenvalue weighted by atomic mass is 19.1. The lowest BCUT2D eigenvalue weighted by Crippen LogP contribution is -2.34. The van der Waals surface area contributed by atoms with Crippen LogP contribution in [0, 0.1) is 17.6 Å². The molecule has 1 aromatic rings. The number of halogens is 2. The van der Waals surface area contributed by atoms with E-state index in [1.165, 1.54) is 13.0 Å². The van der Waals surface area contributed by atoms with Crippen LogP contribution in [0.25, 0.3) is 0 Å². The molecule has 0 radical (unpaired) electrons. The van der Waals surface area contributed by atoms with E-state index in [2.05, 4.69) is 0 Å². The van der Waals surface area contributed by atoms with Gasteiger partial charge in [-0.05, 0) is 44.7 Å². The van der Waals surface area contributed by atoms with E-state index in [0.29, 0.717) is 12.8 Å². The fourth-order valence-corrected chi connectivity index (χ4v) is 3.06. The summed E-state index contributed by atoms with van der Waals surface area (Å²) in [6.45, 7) is 1.50. The molecule has 1 aliphatic rings. The molecule has 24 heavy (non-hydrogen) atoms. The molecule has 1 aliphatic carbocycles. The zero-order valence-electron chi connectivity index (χ0n) is 13.9. The number of benzene rings is 1. The fourth-order valence-electron chi connectivity index (χ4n) is 3.06. The van der Waals surface area contributed by atoms with Gasteiger partial charge in [0.05, 0.1) is 12.5 Å². The van der Waals surface area contributed by atoms with Gasteiger partial charge in [-0.3, -0.25) is 9.59 Å². The molecule has 0 spiro atoms. The third-order valence-corrected chi connectivity index (χ3v) is 4.50. The van der Waals surface area contributed by atoms with Crippen LogP contribution in [0.3, 0.4) is 0 Å². The summed E-state index contributed by atoms with van der Waals surface area (Å²) >= 11 is 0. The highest BCUT2D eigenvalue weighted by Crippen LogP contribution is 2.28.